The second-order valence-electron chi connectivity index (χ2n) is 6.04. The molecule has 2 aromatic heterocycles. The molecule has 2 rings (SSSR count). The predicted octanol–water partition coefficient (Wildman–Crippen LogP) is 2.13. The van der Waals surface area contributed by atoms with Crippen LogP contribution in [-0.2, 0) is 12.8 Å². The van der Waals surface area contributed by atoms with Crippen molar-refractivity contribution in [1.29, 1.82) is 0 Å². The summed E-state index contributed by atoms with van der Waals surface area (Å²) in [6.07, 6.45) is 9.45. The Balaban J connectivity index is 1.60. The summed E-state index contributed by atoms with van der Waals surface area (Å²) in [7, 11) is 4.23. The number of hydrogen-bond acceptors (Lipinski definition) is 4. The lowest BCUT2D eigenvalue weighted by Crippen LogP contribution is -2.23. The van der Waals surface area contributed by atoms with Crippen LogP contribution >= 0.6 is 0 Å². The third-order valence-corrected chi connectivity index (χ3v) is 3.89. The monoisotopic (exact) mass is 322 g/mol. The van der Waals surface area contributed by atoms with Crippen LogP contribution in [0, 0.1) is 11.8 Å². The average Bonchev–Trinajstić information content (AvgIpc) is 2.63. The van der Waals surface area contributed by atoms with E-state index in [-0.39, 0.29) is 0 Å². The molecular formula is C20H26N4. The summed E-state index contributed by atoms with van der Waals surface area (Å²) in [6, 6.07) is 8.27. The van der Waals surface area contributed by atoms with Crippen molar-refractivity contribution in [1.82, 2.24) is 19.8 Å². The van der Waals surface area contributed by atoms with E-state index < -0.39 is 0 Å². The summed E-state index contributed by atoms with van der Waals surface area (Å²) < 4.78 is 0. The van der Waals surface area contributed by atoms with Crippen LogP contribution in [-0.4, -0.2) is 60.0 Å². The Labute approximate surface area is 145 Å². The zero-order valence-electron chi connectivity index (χ0n) is 14.7. The van der Waals surface area contributed by atoms with Crippen LogP contribution in [0.2, 0.25) is 0 Å². The Hall–Kier alpha value is -2.22. The molecule has 0 N–H and O–H groups in total. The zero-order chi connectivity index (χ0) is 17.0. The van der Waals surface area contributed by atoms with Crippen LogP contribution in [0.4, 0.5) is 0 Å². The molecule has 0 amide bonds. The van der Waals surface area contributed by atoms with Gasteiger partial charge in [-0.1, -0.05) is 11.8 Å². The maximum atomic E-state index is 4.04. The molecule has 0 atom stereocenters. The molecule has 0 aliphatic carbocycles. The van der Waals surface area contributed by atoms with Crippen molar-refractivity contribution in [2.24, 2.45) is 0 Å². The lowest BCUT2D eigenvalue weighted by Gasteiger charge is -2.14. The second-order valence-corrected chi connectivity index (χ2v) is 6.04. The van der Waals surface area contributed by atoms with Gasteiger partial charge in [-0.2, -0.15) is 0 Å². The van der Waals surface area contributed by atoms with Gasteiger partial charge in [-0.05, 0) is 62.3 Å². The summed E-state index contributed by atoms with van der Waals surface area (Å²) >= 11 is 0. The van der Waals surface area contributed by atoms with Gasteiger partial charge in [0.25, 0.3) is 0 Å². The molecule has 0 saturated heterocycles. The van der Waals surface area contributed by atoms with Crippen molar-refractivity contribution in [3.63, 3.8) is 0 Å². The van der Waals surface area contributed by atoms with E-state index in [9.17, 15) is 0 Å². The normalized spacial score (nSPS) is 10.7. The molecule has 0 unspecified atom stereocenters. The Morgan fingerprint density at radius 1 is 0.708 bits per heavy atom. The van der Waals surface area contributed by atoms with Gasteiger partial charge in [0.1, 0.15) is 0 Å². The number of likely N-dealkylation sites (N-methyl/N-ethyl adjacent to an activating group) is 2. The van der Waals surface area contributed by atoms with Crippen molar-refractivity contribution in [2.75, 3.05) is 40.3 Å². The fourth-order valence-electron chi connectivity index (χ4n) is 2.28. The number of hydrogen-bond donors (Lipinski definition) is 0. The highest BCUT2D eigenvalue weighted by Gasteiger charge is 1.99. The first-order valence-corrected chi connectivity index (χ1v) is 8.34. The number of aromatic nitrogens is 2. The minimum atomic E-state index is 0.809. The maximum absolute atomic E-state index is 4.04. The van der Waals surface area contributed by atoms with Crippen LogP contribution in [0.15, 0.2) is 49.1 Å². The van der Waals surface area contributed by atoms with E-state index in [0.29, 0.717) is 0 Å². The van der Waals surface area contributed by atoms with Gasteiger partial charge in [0.05, 0.1) is 13.1 Å². The van der Waals surface area contributed by atoms with E-state index in [0.717, 1.165) is 39.0 Å². The van der Waals surface area contributed by atoms with Gasteiger partial charge in [-0.15, -0.1) is 0 Å². The third-order valence-electron chi connectivity index (χ3n) is 3.89. The predicted molar refractivity (Wildman–Crippen MR) is 98.7 cm³/mol. The molecule has 126 valence electrons. The molecule has 0 bridgehead atoms. The highest BCUT2D eigenvalue weighted by Crippen LogP contribution is 1.99. The van der Waals surface area contributed by atoms with Crippen LogP contribution in [0.3, 0.4) is 0 Å². The molecule has 4 nitrogen and oxygen atoms in total. The second kappa shape index (κ2) is 10.5. The first-order chi connectivity index (χ1) is 11.7. The van der Waals surface area contributed by atoms with E-state index >= 15 is 0 Å². The Bertz CT molecular complexity index is 575. The molecule has 0 fully saturated rings. The summed E-state index contributed by atoms with van der Waals surface area (Å²) in [5.74, 6) is 6.52. The number of pyridine rings is 2. The largest absolute Gasteiger partial charge is 0.295 e. The molecule has 0 aliphatic rings. The molecular weight excluding hydrogens is 296 g/mol. The molecule has 0 saturated carbocycles. The molecule has 0 aliphatic heterocycles. The van der Waals surface area contributed by atoms with Gasteiger partial charge >= 0.3 is 0 Å². The third kappa shape index (κ3) is 7.36. The van der Waals surface area contributed by atoms with E-state index in [4.69, 9.17) is 0 Å². The molecule has 0 spiro atoms. The van der Waals surface area contributed by atoms with Crippen molar-refractivity contribution in [3.05, 3.63) is 60.2 Å². The minimum absolute atomic E-state index is 0.809. The molecule has 24 heavy (non-hydrogen) atoms. The van der Waals surface area contributed by atoms with Crippen molar-refractivity contribution >= 4 is 0 Å². The number of rotatable bonds is 8. The molecule has 0 radical (unpaired) electrons. The summed E-state index contributed by atoms with van der Waals surface area (Å²) in [5, 5.41) is 0. The van der Waals surface area contributed by atoms with Crippen molar-refractivity contribution in [3.8, 4) is 11.8 Å². The standard InChI is InChI=1S/C20H26N4/c1-23(17-9-19-5-11-21-12-6-19)15-3-4-16-24(2)18-10-20-7-13-22-14-8-20/h5-8,11-14H,9-10,15-18H2,1-2H3. The van der Waals surface area contributed by atoms with Crippen LogP contribution in [0.5, 0.6) is 0 Å². The van der Waals surface area contributed by atoms with Gasteiger partial charge in [0, 0.05) is 37.9 Å². The molecule has 4 heteroatoms. The van der Waals surface area contributed by atoms with Crippen LogP contribution < -0.4 is 0 Å². The van der Waals surface area contributed by atoms with E-state index in [1.165, 1.54) is 11.1 Å². The Morgan fingerprint density at radius 3 is 1.46 bits per heavy atom. The van der Waals surface area contributed by atoms with Crippen molar-refractivity contribution in [2.45, 2.75) is 12.8 Å². The van der Waals surface area contributed by atoms with Crippen LogP contribution in [0.1, 0.15) is 11.1 Å². The van der Waals surface area contributed by atoms with Gasteiger partial charge in [0.2, 0.25) is 0 Å². The first-order valence-electron chi connectivity index (χ1n) is 8.34. The fourth-order valence-corrected chi connectivity index (χ4v) is 2.28. The molecule has 2 aromatic rings. The number of nitrogens with zero attached hydrogens (tertiary/aromatic N) is 4. The quantitative estimate of drug-likeness (QED) is 0.697. The smallest absolute Gasteiger partial charge is 0.0599 e. The zero-order valence-corrected chi connectivity index (χ0v) is 14.7. The van der Waals surface area contributed by atoms with Crippen LogP contribution in [0.25, 0.3) is 0 Å². The summed E-state index contributed by atoms with van der Waals surface area (Å²) in [4.78, 5) is 12.6. The Kier molecular flexibility index (Phi) is 7.96. The van der Waals surface area contributed by atoms with E-state index in [1.807, 2.05) is 24.8 Å². The van der Waals surface area contributed by atoms with Crippen molar-refractivity contribution < 1.29 is 0 Å². The average molecular weight is 322 g/mol. The van der Waals surface area contributed by atoms with Gasteiger partial charge < -0.3 is 0 Å². The highest BCUT2D eigenvalue weighted by molar-refractivity contribution is 5.11. The summed E-state index contributed by atoms with van der Waals surface area (Å²) in [5.41, 5.74) is 2.64. The highest BCUT2D eigenvalue weighted by atomic mass is 15.1. The fraction of sp³-hybridized carbons (Fsp3) is 0.400. The van der Waals surface area contributed by atoms with E-state index in [2.05, 4.69) is 70.0 Å². The van der Waals surface area contributed by atoms with Gasteiger partial charge in [-0.3, -0.25) is 19.8 Å². The lowest BCUT2D eigenvalue weighted by atomic mass is 10.2. The Morgan fingerprint density at radius 2 is 1.08 bits per heavy atom. The van der Waals surface area contributed by atoms with Gasteiger partial charge in [0.15, 0.2) is 0 Å². The molecule has 0 aromatic carbocycles. The first kappa shape index (κ1) is 18.1. The van der Waals surface area contributed by atoms with E-state index in [1.54, 1.807) is 0 Å². The SMILES string of the molecule is CN(CC#CCN(C)CCc1ccncc1)CCc1ccncc1. The topological polar surface area (TPSA) is 32.3 Å². The maximum Gasteiger partial charge on any atom is 0.0599 e. The van der Waals surface area contributed by atoms with Gasteiger partial charge in [-0.25, -0.2) is 0 Å². The summed E-state index contributed by atoms with van der Waals surface area (Å²) in [6.45, 7) is 3.64. The minimum Gasteiger partial charge on any atom is -0.295 e. The lowest BCUT2D eigenvalue weighted by molar-refractivity contribution is 0.375. The molecule has 2 heterocycles.